The predicted octanol–water partition coefficient (Wildman–Crippen LogP) is 2.44. The number of ketones is 1. The molecule has 1 aromatic carbocycles. The van der Waals surface area contributed by atoms with Crippen LogP contribution in [0.15, 0.2) is 24.3 Å². The summed E-state index contributed by atoms with van der Waals surface area (Å²) in [5, 5.41) is 0. The number of nitrogens with zero attached hydrogens (tertiary/aromatic N) is 1. The van der Waals surface area contributed by atoms with Gasteiger partial charge in [0, 0.05) is 31.5 Å². The molecule has 1 aliphatic heterocycles. The number of carbonyl (C=O) groups is 2. The Balaban J connectivity index is 1.93. The van der Waals surface area contributed by atoms with Crippen LogP contribution in [-0.2, 0) is 11.2 Å². The molecule has 1 heterocycles. The fraction of sp³-hybridized carbons (Fsp3) is 0.467. The number of Topliss-reactive ketones (excluding diaryl/α,β-unsaturated/α-hetero) is 1. The van der Waals surface area contributed by atoms with Crippen molar-refractivity contribution < 1.29 is 9.59 Å². The van der Waals surface area contributed by atoms with E-state index in [0.717, 1.165) is 30.5 Å². The normalized spacial score (nSPS) is 14.5. The first kappa shape index (κ1) is 12.8. The highest BCUT2D eigenvalue weighted by Crippen LogP contribution is 2.18. The Morgan fingerprint density at radius 1 is 1.33 bits per heavy atom. The molecule has 0 unspecified atom stereocenters. The first-order valence-corrected chi connectivity index (χ1v) is 6.61. The Bertz CT molecular complexity index is 454. The highest BCUT2D eigenvalue weighted by Gasteiger charge is 2.23. The van der Waals surface area contributed by atoms with Crippen LogP contribution in [0.5, 0.6) is 0 Å². The lowest BCUT2D eigenvalue weighted by Crippen LogP contribution is -2.38. The molecule has 0 atom stereocenters. The van der Waals surface area contributed by atoms with Gasteiger partial charge < -0.3 is 4.90 Å². The summed E-state index contributed by atoms with van der Waals surface area (Å²) in [4.78, 5) is 25.3. The molecule has 0 radical (unpaired) electrons. The third kappa shape index (κ3) is 2.78. The van der Waals surface area contributed by atoms with Crippen molar-refractivity contribution in [3.8, 4) is 0 Å². The standard InChI is InChI=1S/C15H19NO2/c1-2-13(17)7-5-10-16-11-9-12-6-3-4-8-14(12)15(16)18/h3-4,6,8H,2,5,7,9-11H2,1H3. The molecule has 0 N–H and O–H groups in total. The molecule has 0 fully saturated rings. The molecule has 1 aliphatic rings. The van der Waals surface area contributed by atoms with E-state index in [1.54, 1.807) is 0 Å². The molecule has 3 nitrogen and oxygen atoms in total. The van der Waals surface area contributed by atoms with E-state index in [1.807, 2.05) is 36.1 Å². The van der Waals surface area contributed by atoms with Crippen molar-refractivity contribution in [2.45, 2.75) is 32.6 Å². The van der Waals surface area contributed by atoms with E-state index in [1.165, 1.54) is 0 Å². The smallest absolute Gasteiger partial charge is 0.254 e. The summed E-state index contributed by atoms with van der Waals surface area (Å²) in [5.41, 5.74) is 1.97. The van der Waals surface area contributed by atoms with Gasteiger partial charge in [0.15, 0.2) is 0 Å². The van der Waals surface area contributed by atoms with Gasteiger partial charge in [-0.3, -0.25) is 9.59 Å². The van der Waals surface area contributed by atoms with Crippen molar-refractivity contribution in [2.24, 2.45) is 0 Å². The highest BCUT2D eigenvalue weighted by atomic mass is 16.2. The molecule has 0 bridgehead atoms. The van der Waals surface area contributed by atoms with Crippen molar-refractivity contribution in [2.75, 3.05) is 13.1 Å². The van der Waals surface area contributed by atoms with Crippen LogP contribution in [-0.4, -0.2) is 29.7 Å². The molecule has 0 saturated heterocycles. The number of amides is 1. The molecule has 96 valence electrons. The molecule has 0 aliphatic carbocycles. The van der Waals surface area contributed by atoms with E-state index in [2.05, 4.69) is 0 Å². The van der Waals surface area contributed by atoms with Gasteiger partial charge in [-0.05, 0) is 24.5 Å². The molecule has 2 rings (SSSR count). The lowest BCUT2D eigenvalue weighted by molar-refractivity contribution is -0.118. The van der Waals surface area contributed by atoms with Crippen LogP contribution in [0.4, 0.5) is 0 Å². The first-order chi connectivity index (χ1) is 8.72. The average molecular weight is 245 g/mol. The predicted molar refractivity (Wildman–Crippen MR) is 70.6 cm³/mol. The minimum absolute atomic E-state index is 0.112. The minimum Gasteiger partial charge on any atom is -0.338 e. The summed E-state index contributed by atoms with van der Waals surface area (Å²) >= 11 is 0. The van der Waals surface area contributed by atoms with E-state index < -0.39 is 0 Å². The molecular formula is C15H19NO2. The summed E-state index contributed by atoms with van der Waals surface area (Å²) in [5.74, 6) is 0.389. The fourth-order valence-corrected chi connectivity index (χ4v) is 2.33. The number of hydrogen-bond acceptors (Lipinski definition) is 2. The maximum absolute atomic E-state index is 12.2. The summed E-state index contributed by atoms with van der Waals surface area (Å²) in [6, 6.07) is 7.79. The highest BCUT2D eigenvalue weighted by molar-refractivity contribution is 5.96. The molecule has 0 aromatic heterocycles. The Hall–Kier alpha value is -1.64. The number of rotatable bonds is 5. The number of fused-ring (bicyclic) bond motifs is 1. The van der Waals surface area contributed by atoms with E-state index >= 15 is 0 Å². The van der Waals surface area contributed by atoms with Gasteiger partial charge in [-0.1, -0.05) is 25.1 Å². The Morgan fingerprint density at radius 2 is 2.11 bits per heavy atom. The van der Waals surface area contributed by atoms with Crippen molar-refractivity contribution in [3.05, 3.63) is 35.4 Å². The molecule has 0 saturated carbocycles. The first-order valence-electron chi connectivity index (χ1n) is 6.61. The topological polar surface area (TPSA) is 37.4 Å². The zero-order chi connectivity index (χ0) is 13.0. The second-order valence-corrected chi connectivity index (χ2v) is 4.70. The van der Waals surface area contributed by atoms with Crippen molar-refractivity contribution in [1.82, 2.24) is 4.90 Å². The molecule has 18 heavy (non-hydrogen) atoms. The Labute approximate surface area is 108 Å². The monoisotopic (exact) mass is 245 g/mol. The maximum atomic E-state index is 12.2. The Kier molecular flexibility index (Phi) is 4.13. The van der Waals surface area contributed by atoms with Crippen LogP contribution in [0, 0.1) is 0 Å². The fourth-order valence-electron chi connectivity index (χ4n) is 2.33. The van der Waals surface area contributed by atoms with Gasteiger partial charge in [-0.25, -0.2) is 0 Å². The lowest BCUT2D eigenvalue weighted by Gasteiger charge is -2.28. The van der Waals surface area contributed by atoms with E-state index in [0.29, 0.717) is 19.4 Å². The van der Waals surface area contributed by atoms with Crippen LogP contribution >= 0.6 is 0 Å². The number of carbonyl (C=O) groups excluding carboxylic acids is 2. The molecule has 1 aromatic rings. The van der Waals surface area contributed by atoms with Crippen molar-refractivity contribution >= 4 is 11.7 Å². The van der Waals surface area contributed by atoms with Crippen LogP contribution in [0.3, 0.4) is 0 Å². The number of benzene rings is 1. The van der Waals surface area contributed by atoms with Crippen molar-refractivity contribution in [3.63, 3.8) is 0 Å². The summed E-state index contributed by atoms with van der Waals surface area (Å²) in [6.45, 7) is 3.35. The van der Waals surface area contributed by atoms with Gasteiger partial charge in [0.2, 0.25) is 0 Å². The average Bonchev–Trinajstić information content (AvgIpc) is 2.41. The summed E-state index contributed by atoms with van der Waals surface area (Å²) < 4.78 is 0. The van der Waals surface area contributed by atoms with Gasteiger partial charge in [0.05, 0.1) is 0 Å². The van der Waals surface area contributed by atoms with E-state index in [9.17, 15) is 9.59 Å². The van der Waals surface area contributed by atoms with Crippen LogP contribution in [0.1, 0.15) is 42.1 Å². The summed E-state index contributed by atoms with van der Waals surface area (Å²) in [7, 11) is 0. The number of hydrogen-bond donors (Lipinski definition) is 0. The minimum atomic E-state index is 0.112. The second-order valence-electron chi connectivity index (χ2n) is 4.70. The Morgan fingerprint density at radius 3 is 2.89 bits per heavy atom. The van der Waals surface area contributed by atoms with E-state index in [4.69, 9.17) is 0 Å². The van der Waals surface area contributed by atoms with Gasteiger partial charge in [0.1, 0.15) is 5.78 Å². The largest absolute Gasteiger partial charge is 0.338 e. The third-order valence-corrected chi connectivity index (χ3v) is 3.46. The van der Waals surface area contributed by atoms with Gasteiger partial charge in [-0.15, -0.1) is 0 Å². The molecular weight excluding hydrogens is 226 g/mol. The van der Waals surface area contributed by atoms with Gasteiger partial charge in [-0.2, -0.15) is 0 Å². The molecule has 1 amide bonds. The molecule has 0 spiro atoms. The zero-order valence-corrected chi connectivity index (χ0v) is 10.8. The van der Waals surface area contributed by atoms with E-state index in [-0.39, 0.29) is 11.7 Å². The van der Waals surface area contributed by atoms with Gasteiger partial charge >= 0.3 is 0 Å². The van der Waals surface area contributed by atoms with Crippen LogP contribution in [0.25, 0.3) is 0 Å². The maximum Gasteiger partial charge on any atom is 0.254 e. The molecule has 3 heteroatoms. The van der Waals surface area contributed by atoms with Crippen LogP contribution in [0.2, 0.25) is 0 Å². The van der Waals surface area contributed by atoms with Crippen LogP contribution < -0.4 is 0 Å². The quantitative estimate of drug-likeness (QED) is 0.799. The SMILES string of the molecule is CCC(=O)CCCN1CCc2ccccc2C1=O. The van der Waals surface area contributed by atoms with Gasteiger partial charge in [0.25, 0.3) is 5.91 Å². The zero-order valence-electron chi connectivity index (χ0n) is 10.8. The van der Waals surface area contributed by atoms with Crippen molar-refractivity contribution in [1.29, 1.82) is 0 Å². The summed E-state index contributed by atoms with van der Waals surface area (Å²) in [6.07, 6.45) is 2.88. The third-order valence-electron chi connectivity index (χ3n) is 3.46. The lowest BCUT2D eigenvalue weighted by atomic mass is 9.99. The second kappa shape index (κ2) is 5.80.